The minimum absolute atomic E-state index is 0.129. The summed E-state index contributed by atoms with van der Waals surface area (Å²) in [5, 5.41) is 0.729. The van der Waals surface area contributed by atoms with E-state index in [0.29, 0.717) is 6.61 Å². The Kier molecular flexibility index (Phi) is 2.94. The fourth-order valence-corrected chi connectivity index (χ4v) is 2.52. The fourth-order valence-electron chi connectivity index (χ4n) is 2.33. The summed E-state index contributed by atoms with van der Waals surface area (Å²) in [6.07, 6.45) is 1.70. The molecule has 0 radical (unpaired) electrons. The van der Waals surface area contributed by atoms with Crippen molar-refractivity contribution in [3.63, 3.8) is 0 Å². The summed E-state index contributed by atoms with van der Waals surface area (Å²) in [6.45, 7) is 4.21. The lowest BCUT2D eigenvalue weighted by atomic mass is 9.84. The Morgan fingerprint density at radius 2 is 2.31 bits per heavy atom. The van der Waals surface area contributed by atoms with E-state index in [1.807, 2.05) is 32.0 Å². The van der Waals surface area contributed by atoms with Gasteiger partial charge in [-0.25, -0.2) is 0 Å². The number of ether oxygens (including phenoxy) is 1. The average molecular weight is 239 g/mol. The number of benzene rings is 1. The highest BCUT2D eigenvalue weighted by Gasteiger charge is 2.42. The number of aryl methyl sites for hydroxylation is 1. The van der Waals surface area contributed by atoms with Gasteiger partial charge in [0, 0.05) is 5.02 Å². The van der Waals surface area contributed by atoms with Crippen LogP contribution in [-0.4, -0.2) is 12.6 Å². The largest absolute Gasteiger partial charge is 0.465 e. The molecule has 0 N–H and O–H groups in total. The molecule has 0 heterocycles. The van der Waals surface area contributed by atoms with Crippen LogP contribution in [0.4, 0.5) is 0 Å². The topological polar surface area (TPSA) is 26.3 Å². The smallest absolute Gasteiger partial charge is 0.316 e. The van der Waals surface area contributed by atoms with E-state index in [1.165, 1.54) is 5.56 Å². The third-order valence-corrected chi connectivity index (χ3v) is 3.52. The third-order valence-electron chi connectivity index (χ3n) is 3.28. The van der Waals surface area contributed by atoms with Gasteiger partial charge in [0.2, 0.25) is 0 Å². The SMILES string of the molecule is CCOC(=O)[C@@]1(C)CCc2cc(Cl)ccc21. The molecule has 0 saturated heterocycles. The molecule has 1 aliphatic carbocycles. The molecule has 2 rings (SSSR count). The number of carbonyl (C=O) groups is 1. The molecule has 2 nitrogen and oxygen atoms in total. The van der Waals surface area contributed by atoms with Gasteiger partial charge < -0.3 is 4.74 Å². The molecule has 0 bridgehead atoms. The second-order valence-electron chi connectivity index (χ2n) is 4.35. The van der Waals surface area contributed by atoms with E-state index < -0.39 is 5.41 Å². The molecule has 1 atom stereocenters. The lowest BCUT2D eigenvalue weighted by molar-refractivity contribution is -0.149. The number of carbonyl (C=O) groups excluding carboxylic acids is 1. The van der Waals surface area contributed by atoms with Crippen LogP contribution < -0.4 is 0 Å². The van der Waals surface area contributed by atoms with Gasteiger partial charge in [-0.1, -0.05) is 17.7 Å². The maximum atomic E-state index is 12.0. The first kappa shape index (κ1) is 11.5. The third kappa shape index (κ3) is 1.71. The van der Waals surface area contributed by atoms with Crippen molar-refractivity contribution < 1.29 is 9.53 Å². The van der Waals surface area contributed by atoms with E-state index in [0.717, 1.165) is 23.4 Å². The van der Waals surface area contributed by atoms with Crippen molar-refractivity contribution >= 4 is 17.6 Å². The van der Waals surface area contributed by atoms with Crippen LogP contribution in [0.3, 0.4) is 0 Å². The summed E-state index contributed by atoms with van der Waals surface area (Å²) in [5.41, 5.74) is 1.74. The minimum atomic E-state index is -0.490. The van der Waals surface area contributed by atoms with Crippen LogP contribution >= 0.6 is 11.6 Å². The number of halogens is 1. The first-order chi connectivity index (χ1) is 7.58. The highest BCUT2D eigenvalue weighted by molar-refractivity contribution is 6.30. The van der Waals surface area contributed by atoms with E-state index in [4.69, 9.17) is 16.3 Å². The van der Waals surface area contributed by atoms with Crippen LogP contribution in [0.25, 0.3) is 0 Å². The zero-order valence-electron chi connectivity index (χ0n) is 9.55. The summed E-state index contributed by atoms with van der Waals surface area (Å²) < 4.78 is 5.14. The van der Waals surface area contributed by atoms with Gasteiger partial charge in [0.25, 0.3) is 0 Å². The summed E-state index contributed by atoms with van der Waals surface area (Å²) in [5.74, 6) is -0.129. The van der Waals surface area contributed by atoms with Crippen LogP contribution in [-0.2, 0) is 21.4 Å². The molecule has 0 fully saturated rings. The van der Waals surface area contributed by atoms with E-state index in [9.17, 15) is 4.79 Å². The molecule has 1 aliphatic rings. The van der Waals surface area contributed by atoms with Gasteiger partial charge >= 0.3 is 5.97 Å². The van der Waals surface area contributed by atoms with Crippen molar-refractivity contribution in [2.45, 2.75) is 32.1 Å². The van der Waals surface area contributed by atoms with Crippen molar-refractivity contribution in [3.8, 4) is 0 Å². The lowest BCUT2D eigenvalue weighted by Crippen LogP contribution is -2.32. The number of hydrogen-bond acceptors (Lipinski definition) is 2. The van der Waals surface area contributed by atoms with Crippen LogP contribution in [0.2, 0.25) is 5.02 Å². The molecule has 1 aromatic carbocycles. The lowest BCUT2D eigenvalue weighted by Gasteiger charge is -2.22. The monoisotopic (exact) mass is 238 g/mol. The molecule has 3 heteroatoms. The molecule has 0 aromatic heterocycles. The van der Waals surface area contributed by atoms with Gasteiger partial charge in [0.15, 0.2) is 0 Å². The molecule has 0 amide bonds. The van der Waals surface area contributed by atoms with Crippen LogP contribution in [0.1, 0.15) is 31.4 Å². The summed E-state index contributed by atoms with van der Waals surface area (Å²) >= 11 is 5.94. The molecule has 1 aromatic rings. The summed E-state index contributed by atoms with van der Waals surface area (Å²) in [4.78, 5) is 12.0. The van der Waals surface area contributed by atoms with Crippen LogP contribution in [0.15, 0.2) is 18.2 Å². The van der Waals surface area contributed by atoms with Crippen molar-refractivity contribution in [2.24, 2.45) is 0 Å². The second-order valence-corrected chi connectivity index (χ2v) is 4.79. The Hall–Kier alpha value is -1.02. The predicted molar refractivity (Wildman–Crippen MR) is 63.8 cm³/mol. The standard InChI is InChI=1S/C13H15ClO2/c1-3-16-12(15)13(2)7-6-9-8-10(14)4-5-11(9)13/h4-5,8H,3,6-7H2,1-2H3/t13-/m0/s1. The van der Waals surface area contributed by atoms with Crippen LogP contribution in [0.5, 0.6) is 0 Å². The zero-order valence-corrected chi connectivity index (χ0v) is 10.3. The number of hydrogen-bond donors (Lipinski definition) is 0. The van der Waals surface area contributed by atoms with Crippen molar-refractivity contribution in [1.29, 1.82) is 0 Å². The normalized spacial score (nSPS) is 22.9. The van der Waals surface area contributed by atoms with Crippen molar-refractivity contribution in [2.75, 3.05) is 6.61 Å². The van der Waals surface area contributed by atoms with Crippen molar-refractivity contribution in [1.82, 2.24) is 0 Å². The number of fused-ring (bicyclic) bond motifs is 1. The maximum Gasteiger partial charge on any atom is 0.316 e. The Morgan fingerprint density at radius 3 is 3.00 bits per heavy atom. The summed E-state index contributed by atoms with van der Waals surface area (Å²) in [6, 6.07) is 5.73. The molecule has 0 unspecified atom stereocenters. The van der Waals surface area contributed by atoms with Crippen molar-refractivity contribution in [3.05, 3.63) is 34.3 Å². The van der Waals surface area contributed by atoms with E-state index in [1.54, 1.807) is 0 Å². The maximum absolute atomic E-state index is 12.0. The van der Waals surface area contributed by atoms with Gasteiger partial charge in [0.1, 0.15) is 0 Å². The van der Waals surface area contributed by atoms with Gasteiger partial charge in [-0.3, -0.25) is 4.79 Å². The molecule has 0 saturated carbocycles. The number of rotatable bonds is 2. The van der Waals surface area contributed by atoms with Gasteiger partial charge in [-0.2, -0.15) is 0 Å². The Labute approximate surface area is 101 Å². The molecule has 0 spiro atoms. The first-order valence-electron chi connectivity index (χ1n) is 5.54. The Balaban J connectivity index is 2.38. The quantitative estimate of drug-likeness (QED) is 0.740. The highest BCUT2D eigenvalue weighted by Crippen LogP contribution is 2.40. The highest BCUT2D eigenvalue weighted by atomic mass is 35.5. The minimum Gasteiger partial charge on any atom is -0.465 e. The fraction of sp³-hybridized carbons (Fsp3) is 0.462. The average Bonchev–Trinajstić information content (AvgIpc) is 2.58. The summed E-state index contributed by atoms with van der Waals surface area (Å²) in [7, 11) is 0. The Bertz CT molecular complexity index is 428. The molecule has 0 aliphatic heterocycles. The van der Waals surface area contributed by atoms with E-state index in [2.05, 4.69) is 0 Å². The zero-order chi connectivity index (χ0) is 11.8. The molecular formula is C13H15ClO2. The first-order valence-corrected chi connectivity index (χ1v) is 5.92. The molecule has 16 heavy (non-hydrogen) atoms. The predicted octanol–water partition coefficient (Wildman–Crippen LogP) is 3.11. The van der Waals surface area contributed by atoms with E-state index in [-0.39, 0.29) is 5.97 Å². The van der Waals surface area contributed by atoms with Gasteiger partial charge in [0.05, 0.1) is 12.0 Å². The van der Waals surface area contributed by atoms with E-state index >= 15 is 0 Å². The number of esters is 1. The van der Waals surface area contributed by atoms with Gasteiger partial charge in [-0.15, -0.1) is 0 Å². The Morgan fingerprint density at radius 1 is 1.56 bits per heavy atom. The van der Waals surface area contributed by atoms with Crippen LogP contribution in [0, 0.1) is 0 Å². The molecular weight excluding hydrogens is 224 g/mol. The van der Waals surface area contributed by atoms with Gasteiger partial charge in [-0.05, 0) is 49.9 Å². The molecule has 86 valence electrons. The second kappa shape index (κ2) is 4.10.